The molecule has 2 N–H and O–H groups in total. The van der Waals surface area contributed by atoms with E-state index in [9.17, 15) is 9.59 Å². The van der Waals surface area contributed by atoms with E-state index in [4.69, 9.17) is 0 Å². The van der Waals surface area contributed by atoms with E-state index >= 15 is 0 Å². The Labute approximate surface area is 171 Å². The number of nitrogens with one attached hydrogen (secondary N) is 2. The fourth-order valence-electron chi connectivity index (χ4n) is 3.85. The van der Waals surface area contributed by atoms with E-state index in [1.54, 1.807) is 18.2 Å². The summed E-state index contributed by atoms with van der Waals surface area (Å²) in [4.78, 5) is 32.1. The van der Waals surface area contributed by atoms with Crippen molar-refractivity contribution in [2.45, 2.75) is 25.7 Å². The summed E-state index contributed by atoms with van der Waals surface area (Å²) in [5.41, 5.74) is 4.71. The molecule has 5 rings (SSSR count). The molecule has 0 spiro atoms. The molecule has 0 radical (unpaired) electrons. The van der Waals surface area contributed by atoms with Gasteiger partial charge in [0.2, 0.25) is 0 Å². The molecule has 6 heteroatoms. The number of hydrogen-bond donors (Lipinski definition) is 2. The normalized spacial score (nSPS) is 13.2. The molecule has 0 bridgehead atoms. The number of pyridine rings is 1. The summed E-state index contributed by atoms with van der Waals surface area (Å²) >= 11 is 1.38. The van der Waals surface area contributed by atoms with Crippen LogP contribution in [-0.4, -0.2) is 15.9 Å². The molecule has 0 unspecified atom stereocenters. The smallest absolute Gasteiger partial charge is 0.273 e. The quantitative estimate of drug-likeness (QED) is 0.519. The first-order valence-electron chi connectivity index (χ1n) is 9.68. The number of rotatable bonds is 3. The lowest BCUT2D eigenvalue weighted by Crippen LogP contribution is -2.18. The van der Waals surface area contributed by atoms with Crippen LogP contribution >= 0.6 is 11.3 Å². The summed E-state index contributed by atoms with van der Waals surface area (Å²) in [5.74, 6) is -0.376. The lowest BCUT2D eigenvalue weighted by molar-refractivity contribution is 0.102. The van der Waals surface area contributed by atoms with Crippen LogP contribution in [0.3, 0.4) is 0 Å². The van der Waals surface area contributed by atoms with E-state index in [0.29, 0.717) is 10.5 Å². The zero-order chi connectivity index (χ0) is 19.8. The van der Waals surface area contributed by atoms with E-state index in [2.05, 4.69) is 33.5 Å². The minimum absolute atomic E-state index is 0.222. The SMILES string of the molecule is O=C(Nc1nc(-c2ccc3c(c2)CCCC3)cs1)c1cc2ccccc2c(=O)[nH]1. The van der Waals surface area contributed by atoms with Gasteiger partial charge in [0, 0.05) is 16.3 Å². The van der Waals surface area contributed by atoms with Crippen LogP contribution in [-0.2, 0) is 12.8 Å². The number of benzene rings is 2. The molecule has 0 saturated heterocycles. The lowest BCUT2D eigenvalue weighted by Gasteiger charge is -2.16. The van der Waals surface area contributed by atoms with Gasteiger partial charge >= 0.3 is 0 Å². The molecular weight excluding hydrogens is 382 g/mol. The minimum Gasteiger partial charge on any atom is -0.317 e. The molecule has 144 valence electrons. The third kappa shape index (κ3) is 3.47. The van der Waals surface area contributed by atoms with Crippen molar-refractivity contribution < 1.29 is 4.79 Å². The third-order valence-electron chi connectivity index (χ3n) is 5.37. The van der Waals surface area contributed by atoms with Gasteiger partial charge in [-0.05, 0) is 60.4 Å². The molecule has 0 aliphatic heterocycles. The lowest BCUT2D eigenvalue weighted by atomic mass is 9.90. The van der Waals surface area contributed by atoms with E-state index in [-0.39, 0.29) is 17.2 Å². The topological polar surface area (TPSA) is 74.8 Å². The highest BCUT2D eigenvalue weighted by molar-refractivity contribution is 7.14. The van der Waals surface area contributed by atoms with Crippen LogP contribution in [0, 0.1) is 0 Å². The molecule has 2 aromatic heterocycles. The average molecular weight is 401 g/mol. The maximum absolute atomic E-state index is 12.6. The highest BCUT2D eigenvalue weighted by atomic mass is 32.1. The highest BCUT2D eigenvalue weighted by Gasteiger charge is 2.14. The summed E-state index contributed by atoms with van der Waals surface area (Å²) in [6.45, 7) is 0. The molecule has 0 atom stereocenters. The average Bonchev–Trinajstić information content (AvgIpc) is 3.22. The second kappa shape index (κ2) is 7.29. The first kappa shape index (κ1) is 17.8. The number of thiazole rings is 1. The Morgan fingerprint density at radius 2 is 1.86 bits per heavy atom. The summed E-state index contributed by atoms with van der Waals surface area (Å²) in [6.07, 6.45) is 4.76. The van der Waals surface area contributed by atoms with Crippen molar-refractivity contribution >= 4 is 33.1 Å². The van der Waals surface area contributed by atoms with E-state index in [1.165, 1.54) is 35.3 Å². The third-order valence-corrected chi connectivity index (χ3v) is 6.12. The Hall–Kier alpha value is -3.25. The highest BCUT2D eigenvalue weighted by Crippen LogP contribution is 2.29. The predicted molar refractivity (Wildman–Crippen MR) is 117 cm³/mol. The van der Waals surface area contributed by atoms with Gasteiger partial charge in [-0.1, -0.05) is 30.3 Å². The van der Waals surface area contributed by atoms with Gasteiger partial charge in [0.25, 0.3) is 11.5 Å². The van der Waals surface area contributed by atoms with Gasteiger partial charge in [0.15, 0.2) is 5.13 Å². The van der Waals surface area contributed by atoms with Crippen LogP contribution in [0.15, 0.2) is 58.7 Å². The van der Waals surface area contributed by atoms with E-state index in [0.717, 1.165) is 29.5 Å². The molecule has 5 nitrogen and oxygen atoms in total. The van der Waals surface area contributed by atoms with Gasteiger partial charge < -0.3 is 4.98 Å². The van der Waals surface area contributed by atoms with Gasteiger partial charge in [-0.15, -0.1) is 11.3 Å². The van der Waals surface area contributed by atoms with Crippen molar-refractivity contribution in [3.05, 3.63) is 81.1 Å². The Balaban J connectivity index is 1.39. The van der Waals surface area contributed by atoms with Gasteiger partial charge in [-0.3, -0.25) is 14.9 Å². The van der Waals surface area contributed by atoms with Crippen LogP contribution in [0.5, 0.6) is 0 Å². The number of nitrogens with zero attached hydrogens (tertiary/aromatic N) is 1. The van der Waals surface area contributed by atoms with Crippen molar-refractivity contribution in [1.82, 2.24) is 9.97 Å². The molecule has 2 heterocycles. The van der Waals surface area contributed by atoms with Crippen molar-refractivity contribution in [2.24, 2.45) is 0 Å². The molecule has 4 aromatic rings. The van der Waals surface area contributed by atoms with Crippen molar-refractivity contribution in [3.63, 3.8) is 0 Å². The fraction of sp³-hybridized carbons (Fsp3) is 0.174. The Kier molecular flexibility index (Phi) is 4.48. The molecule has 0 saturated carbocycles. The minimum atomic E-state index is -0.376. The Bertz CT molecular complexity index is 1290. The summed E-state index contributed by atoms with van der Waals surface area (Å²) in [7, 11) is 0. The molecule has 1 aliphatic carbocycles. The fourth-order valence-corrected chi connectivity index (χ4v) is 4.57. The van der Waals surface area contributed by atoms with Crippen LogP contribution < -0.4 is 10.9 Å². The molecule has 2 aromatic carbocycles. The van der Waals surface area contributed by atoms with Crippen LogP contribution in [0.1, 0.15) is 34.5 Å². The van der Waals surface area contributed by atoms with Gasteiger partial charge in [0.1, 0.15) is 5.69 Å². The second-order valence-corrected chi connectivity index (χ2v) is 8.14. The first-order chi connectivity index (χ1) is 14.2. The standard InChI is InChI=1S/C23H19N3O2S/c27-21-18-8-4-3-7-16(18)12-19(24-21)22(28)26-23-25-20(13-29-23)17-10-9-14-5-1-2-6-15(14)11-17/h3-4,7-13H,1-2,5-6H2,(H,24,27)(H,25,26,28). The monoisotopic (exact) mass is 401 g/mol. The maximum Gasteiger partial charge on any atom is 0.273 e. The Morgan fingerprint density at radius 1 is 1.03 bits per heavy atom. The summed E-state index contributed by atoms with van der Waals surface area (Å²) in [6, 6.07) is 15.4. The zero-order valence-corrected chi connectivity index (χ0v) is 16.5. The number of anilines is 1. The van der Waals surface area contributed by atoms with Gasteiger partial charge in [0.05, 0.1) is 5.69 Å². The number of hydrogen-bond acceptors (Lipinski definition) is 4. The summed E-state index contributed by atoms with van der Waals surface area (Å²) in [5, 5.41) is 6.55. The predicted octanol–water partition coefficient (Wildman–Crippen LogP) is 4.78. The number of aryl methyl sites for hydroxylation is 2. The first-order valence-corrected chi connectivity index (χ1v) is 10.6. The van der Waals surface area contributed by atoms with Crippen molar-refractivity contribution in [2.75, 3.05) is 5.32 Å². The summed E-state index contributed by atoms with van der Waals surface area (Å²) < 4.78 is 0. The number of amides is 1. The zero-order valence-electron chi connectivity index (χ0n) is 15.7. The van der Waals surface area contributed by atoms with Crippen LogP contribution in [0.4, 0.5) is 5.13 Å². The van der Waals surface area contributed by atoms with Gasteiger partial charge in [-0.2, -0.15) is 0 Å². The molecule has 0 fully saturated rings. The van der Waals surface area contributed by atoms with Crippen LogP contribution in [0.2, 0.25) is 0 Å². The van der Waals surface area contributed by atoms with Crippen molar-refractivity contribution in [1.29, 1.82) is 0 Å². The molecule has 29 heavy (non-hydrogen) atoms. The van der Waals surface area contributed by atoms with E-state index in [1.807, 2.05) is 17.5 Å². The Morgan fingerprint density at radius 3 is 2.76 bits per heavy atom. The number of carbonyl (C=O) groups excluding carboxylic acids is 1. The number of aromatic nitrogens is 2. The maximum atomic E-state index is 12.6. The molecule has 1 aliphatic rings. The van der Waals surface area contributed by atoms with Gasteiger partial charge in [-0.25, -0.2) is 4.98 Å². The van der Waals surface area contributed by atoms with Crippen molar-refractivity contribution in [3.8, 4) is 11.3 Å². The number of fused-ring (bicyclic) bond motifs is 2. The van der Waals surface area contributed by atoms with E-state index < -0.39 is 0 Å². The number of aromatic amines is 1. The van der Waals surface area contributed by atoms with Crippen LogP contribution in [0.25, 0.3) is 22.0 Å². The molecular formula is C23H19N3O2S. The largest absolute Gasteiger partial charge is 0.317 e. The number of H-pyrrole nitrogens is 1. The molecule has 1 amide bonds. The second-order valence-electron chi connectivity index (χ2n) is 7.28. The number of carbonyl (C=O) groups is 1.